The topological polar surface area (TPSA) is 69.4 Å². The van der Waals surface area contributed by atoms with Gasteiger partial charge in [-0.05, 0) is 46.3 Å². The molecular formula is C13H7Br2NO4. The predicted octanol–water partition coefficient (Wildman–Crippen LogP) is 4.34. The van der Waals surface area contributed by atoms with Gasteiger partial charge in [-0.25, -0.2) is 4.79 Å². The minimum Gasteiger partial charge on any atom is -0.422 e. The number of hydrogen-bond donors (Lipinski definition) is 0. The summed E-state index contributed by atoms with van der Waals surface area (Å²) in [4.78, 5) is 21.9. The Kier molecular flexibility index (Phi) is 4.51. The van der Waals surface area contributed by atoms with Crippen LogP contribution >= 0.6 is 31.9 Å². The molecule has 5 nitrogen and oxygen atoms in total. The van der Waals surface area contributed by atoms with Gasteiger partial charge < -0.3 is 4.74 Å². The molecule has 2 rings (SSSR count). The van der Waals surface area contributed by atoms with Gasteiger partial charge in [-0.1, -0.05) is 15.9 Å². The molecule has 7 heteroatoms. The summed E-state index contributed by atoms with van der Waals surface area (Å²) < 4.78 is 6.68. The lowest BCUT2D eigenvalue weighted by atomic mass is 10.2. The molecule has 0 unspecified atom stereocenters. The van der Waals surface area contributed by atoms with E-state index < -0.39 is 10.9 Å². The summed E-state index contributed by atoms with van der Waals surface area (Å²) in [6.45, 7) is 0. The maximum atomic E-state index is 11.9. The van der Waals surface area contributed by atoms with E-state index in [-0.39, 0.29) is 11.3 Å². The summed E-state index contributed by atoms with van der Waals surface area (Å²) in [6.07, 6.45) is 0. The van der Waals surface area contributed by atoms with Crippen LogP contribution in [-0.2, 0) is 0 Å². The van der Waals surface area contributed by atoms with Gasteiger partial charge in [0.25, 0.3) is 5.69 Å². The normalized spacial score (nSPS) is 10.1. The lowest BCUT2D eigenvalue weighted by molar-refractivity contribution is -0.384. The van der Waals surface area contributed by atoms with Gasteiger partial charge in [0.1, 0.15) is 5.75 Å². The van der Waals surface area contributed by atoms with E-state index >= 15 is 0 Å². The number of non-ortho nitro benzene ring substituents is 1. The molecule has 0 amide bonds. The first-order valence-corrected chi connectivity index (χ1v) is 6.97. The number of benzene rings is 2. The van der Waals surface area contributed by atoms with Crippen molar-refractivity contribution in [3.63, 3.8) is 0 Å². The van der Waals surface area contributed by atoms with E-state index in [1.165, 1.54) is 24.3 Å². The summed E-state index contributed by atoms with van der Waals surface area (Å²) in [5.74, 6) is -0.209. The Labute approximate surface area is 131 Å². The fraction of sp³-hybridized carbons (Fsp3) is 0. The molecule has 20 heavy (non-hydrogen) atoms. The van der Waals surface area contributed by atoms with E-state index in [1.807, 2.05) is 0 Å². The Bertz CT molecular complexity index is 671. The summed E-state index contributed by atoms with van der Waals surface area (Å²) >= 11 is 6.58. The minimum absolute atomic E-state index is 0.0774. The Morgan fingerprint density at radius 2 is 1.75 bits per heavy atom. The molecular weight excluding hydrogens is 394 g/mol. The second kappa shape index (κ2) is 6.15. The first-order valence-electron chi connectivity index (χ1n) is 5.39. The van der Waals surface area contributed by atoms with E-state index in [4.69, 9.17) is 4.74 Å². The number of rotatable bonds is 3. The van der Waals surface area contributed by atoms with Crippen molar-refractivity contribution in [1.82, 2.24) is 0 Å². The van der Waals surface area contributed by atoms with Crippen LogP contribution in [0.15, 0.2) is 51.4 Å². The standard InChI is InChI=1S/C13H7Br2NO4/c14-9-3-6-12(11(15)7-9)20-13(17)8-1-4-10(5-2-8)16(18)19/h1-7H. The van der Waals surface area contributed by atoms with Gasteiger partial charge in [0, 0.05) is 16.6 Å². The number of nitro benzene ring substituents is 1. The number of nitro groups is 1. The zero-order valence-electron chi connectivity index (χ0n) is 9.88. The summed E-state index contributed by atoms with van der Waals surface area (Å²) in [7, 11) is 0. The summed E-state index contributed by atoms with van der Waals surface area (Å²) in [5, 5.41) is 10.5. The maximum absolute atomic E-state index is 11.9. The average molecular weight is 401 g/mol. The van der Waals surface area contributed by atoms with Crippen LogP contribution in [0.2, 0.25) is 0 Å². The van der Waals surface area contributed by atoms with Gasteiger partial charge in [0.15, 0.2) is 0 Å². The molecule has 0 heterocycles. The van der Waals surface area contributed by atoms with Crippen LogP contribution in [0.5, 0.6) is 5.75 Å². The van der Waals surface area contributed by atoms with Crippen LogP contribution in [0.25, 0.3) is 0 Å². The number of ether oxygens (including phenoxy) is 1. The molecule has 0 atom stereocenters. The minimum atomic E-state index is -0.581. The SMILES string of the molecule is O=C(Oc1ccc(Br)cc1Br)c1ccc([N+](=O)[O-])cc1. The highest BCUT2D eigenvalue weighted by molar-refractivity contribution is 9.11. The van der Waals surface area contributed by atoms with Crippen LogP contribution in [0.3, 0.4) is 0 Å². The molecule has 2 aromatic carbocycles. The molecule has 0 saturated heterocycles. The second-order valence-electron chi connectivity index (χ2n) is 3.77. The van der Waals surface area contributed by atoms with Crippen LogP contribution < -0.4 is 4.74 Å². The number of hydrogen-bond acceptors (Lipinski definition) is 4. The molecule has 2 aromatic rings. The molecule has 0 fully saturated rings. The van der Waals surface area contributed by atoms with Crippen molar-refractivity contribution in [2.24, 2.45) is 0 Å². The van der Waals surface area contributed by atoms with Crippen molar-refractivity contribution in [2.75, 3.05) is 0 Å². The highest BCUT2D eigenvalue weighted by Crippen LogP contribution is 2.29. The van der Waals surface area contributed by atoms with Gasteiger partial charge in [0.05, 0.1) is 15.0 Å². The highest BCUT2D eigenvalue weighted by Gasteiger charge is 2.13. The second-order valence-corrected chi connectivity index (χ2v) is 5.54. The summed E-state index contributed by atoms with van der Waals surface area (Å²) in [6, 6.07) is 10.3. The molecule has 0 aromatic heterocycles. The highest BCUT2D eigenvalue weighted by atomic mass is 79.9. The molecule has 0 N–H and O–H groups in total. The van der Waals surface area contributed by atoms with Crippen molar-refractivity contribution >= 4 is 43.5 Å². The van der Waals surface area contributed by atoms with Crippen molar-refractivity contribution < 1.29 is 14.5 Å². The third-order valence-corrected chi connectivity index (χ3v) is 3.52. The smallest absolute Gasteiger partial charge is 0.343 e. The van der Waals surface area contributed by atoms with Crippen LogP contribution in [-0.4, -0.2) is 10.9 Å². The van der Waals surface area contributed by atoms with Crippen molar-refractivity contribution in [1.29, 1.82) is 0 Å². The zero-order valence-corrected chi connectivity index (χ0v) is 13.0. The maximum Gasteiger partial charge on any atom is 0.343 e. The Balaban J connectivity index is 2.17. The van der Waals surface area contributed by atoms with Crippen molar-refractivity contribution in [3.8, 4) is 5.75 Å². The quantitative estimate of drug-likeness (QED) is 0.332. The predicted molar refractivity (Wildman–Crippen MR) is 79.9 cm³/mol. The lowest BCUT2D eigenvalue weighted by Gasteiger charge is -2.06. The molecule has 0 spiro atoms. The van der Waals surface area contributed by atoms with Gasteiger partial charge in [-0.3, -0.25) is 10.1 Å². The fourth-order valence-electron chi connectivity index (χ4n) is 1.44. The number of esters is 1. The monoisotopic (exact) mass is 399 g/mol. The Hall–Kier alpha value is -1.73. The lowest BCUT2D eigenvalue weighted by Crippen LogP contribution is -2.08. The number of halogens is 2. The molecule has 0 aliphatic rings. The third kappa shape index (κ3) is 3.43. The Morgan fingerprint density at radius 1 is 1.10 bits per heavy atom. The van der Waals surface area contributed by atoms with E-state index in [9.17, 15) is 14.9 Å². The molecule has 102 valence electrons. The van der Waals surface area contributed by atoms with E-state index in [2.05, 4.69) is 31.9 Å². The van der Waals surface area contributed by atoms with Gasteiger partial charge in [-0.2, -0.15) is 0 Å². The Morgan fingerprint density at radius 3 is 2.30 bits per heavy atom. The van der Waals surface area contributed by atoms with E-state index in [0.29, 0.717) is 10.2 Å². The number of carbonyl (C=O) groups excluding carboxylic acids is 1. The molecule has 0 aliphatic carbocycles. The molecule has 0 saturated carbocycles. The third-order valence-electron chi connectivity index (χ3n) is 2.41. The van der Waals surface area contributed by atoms with Crippen LogP contribution in [0.1, 0.15) is 10.4 Å². The average Bonchev–Trinajstić information content (AvgIpc) is 2.42. The van der Waals surface area contributed by atoms with Gasteiger partial charge >= 0.3 is 5.97 Å². The molecule has 0 aliphatic heterocycles. The van der Waals surface area contributed by atoms with Crippen molar-refractivity contribution in [2.45, 2.75) is 0 Å². The summed E-state index contributed by atoms with van der Waals surface area (Å²) in [5.41, 5.74) is 0.164. The van der Waals surface area contributed by atoms with Gasteiger partial charge in [-0.15, -0.1) is 0 Å². The molecule has 0 radical (unpaired) electrons. The number of nitrogens with zero attached hydrogens (tertiary/aromatic N) is 1. The first-order chi connectivity index (χ1) is 9.47. The first kappa shape index (κ1) is 14.7. The van der Waals surface area contributed by atoms with E-state index in [1.54, 1.807) is 18.2 Å². The van der Waals surface area contributed by atoms with Crippen LogP contribution in [0.4, 0.5) is 5.69 Å². The largest absolute Gasteiger partial charge is 0.422 e. The van der Waals surface area contributed by atoms with Crippen molar-refractivity contribution in [3.05, 3.63) is 67.1 Å². The fourth-order valence-corrected chi connectivity index (χ4v) is 2.56. The zero-order chi connectivity index (χ0) is 14.7. The van der Waals surface area contributed by atoms with Gasteiger partial charge in [0.2, 0.25) is 0 Å². The number of carbonyl (C=O) groups is 1. The molecule has 0 bridgehead atoms. The van der Waals surface area contributed by atoms with Crippen LogP contribution in [0, 0.1) is 10.1 Å². The van der Waals surface area contributed by atoms with E-state index in [0.717, 1.165) is 4.47 Å².